The molecule has 3 aromatic heterocycles. The Hall–Kier alpha value is -4.48. The first-order valence-corrected chi connectivity index (χ1v) is 9.93. The summed E-state index contributed by atoms with van der Waals surface area (Å²) in [4.78, 5) is 13.5. The van der Waals surface area contributed by atoms with Gasteiger partial charge in [-0.25, -0.2) is 4.98 Å². The third-order valence-electron chi connectivity index (χ3n) is 5.33. The van der Waals surface area contributed by atoms with Gasteiger partial charge < -0.3 is 0 Å². The minimum absolute atomic E-state index is 0.496. The smallest absolute Gasteiger partial charge is 0.190 e. The molecule has 5 aromatic rings. The normalized spacial score (nSPS) is 10.8. The standard InChI is InChI=1S/C26H17N5/c1-2-25-30-24-17-29-23-12-9-19(20-6-4-14-28-16-20)15-22(23)26(24)31(25)21-10-7-18(8-11-21)5-3-13-27/h1,4,6-12,14-17H,3,5H2. The molecule has 0 radical (unpaired) electrons. The summed E-state index contributed by atoms with van der Waals surface area (Å²) in [6.07, 6.45) is 12.4. The quantitative estimate of drug-likeness (QED) is 0.396. The lowest BCUT2D eigenvalue weighted by Gasteiger charge is -2.10. The number of terminal acetylenes is 1. The zero-order chi connectivity index (χ0) is 21.2. The molecule has 0 saturated carbocycles. The van der Waals surface area contributed by atoms with Crippen molar-refractivity contribution in [2.45, 2.75) is 12.8 Å². The predicted molar refractivity (Wildman–Crippen MR) is 121 cm³/mol. The van der Waals surface area contributed by atoms with Crippen LogP contribution < -0.4 is 0 Å². The lowest BCUT2D eigenvalue weighted by molar-refractivity contribution is 1.00. The molecule has 5 heteroatoms. The number of benzene rings is 2. The van der Waals surface area contributed by atoms with Gasteiger partial charge >= 0.3 is 0 Å². The van der Waals surface area contributed by atoms with Gasteiger partial charge in [0.2, 0.25) is 0 Å². The second-order valence-electron chi connectivity index (χ2n) is 7.21. The van der Waals surface area contributed by atoms with Gasteiger partial charge in [0, 0.05) is 35.5 Å². The van der Waals surface area contributed by atoms with Gasteiger partial charge in [-0.15, -0.1) is 6.42 Å². The lowest BCUT2D eigenvalue weighted by atomic mass is 10.0. The van der Waals surface area contributed by atoms with Crippen LogP contribution in [0.25, 0.3) is 38.8 Å². The molecule has 2 aromatic carbocycles. The zero-order valence-electron chi connectivity index (χ0n) is 16.7. The molecule has 0 spiro atoms. The Morgan fingerprint density at radius 3 is 2.58 bits per heavy atom. The summed E-state index contributed by atoms with van der Waals surface area (Å²) < 4.78 is 2.00. The third-order valence-corrected chi connectivity index (χ3v) is 5.33. The average Bonchev–Trinajstić information content (AvgIpc) is 3.22. The summed E-state index contributed by atoms with van der Waals surface area (Å²) in [7, 11) is 0. The van der Waals surface area contributed by atoms with Gasteiger partial charge in [-0.1, -0.05) is 24.3 Å². The molecule has 0 aliphatic heterocycles. The summed E-state index contributed by atoms with van der Waals surface area (Å²) >= 11 is 0. The van der Waals surface area contributed by atoms with Gasteiger partial charge in [0.15, 0.2) is 5.82 Å². The Balaban J connectivity index is 1.74. The van der Waals surface area contributed by atoms with E-state index in [0.717, 1.165) is 50.7 Å². The van der Waals surface area contributed by atoms with Gasteiger partial charge in [-0.2, -0.15) is 5.26 Å². The number of aryl methyl sites for hydroxylation is 1. The average molecular weight is 399 g/mol. The van der Waals surface area contributed by atoms with E-state index >= 15 is 0 Å². The fraction of sp³-hybridized carbons (Fsp3) is 0.0769. The van der Waals surface area contributed by atoms with Crippen LogP contribution in [-0.2, 0) is 6.42 Å². The monoisotopic (exact) mass is 399 g/mol. The molecule has 0 aliphatic carbocycles. The number of aromatic nitrogens is 4. The Bertz CT molecular complexity index is 1480. The maximum Gasteiger partial charge on any atom is 0.190 e. The zero-order valence-corrected chi connectivity index (χ0v) is 16.7. The molecule has 0 unspecified atom stereocenters. The van der Waals surface area contributed by atoms with E-state index in [1.807, 2.05) is 59.3 Å². The highest BCUT2D eigenvalue weighted by Gasteiger charge is 2.15. The predicted octanol–water partition coefficient (Wildman–Crippen LogP) is 5.07. The van der Waals surface area contributed by atoms with Gasteiger partial charge in [-0.05, 0) is 53.8 Å². The maximum atomic E-state index is 8.83. The minimum atomic E-state index is 0.496. The van der Waals surface area contributed by atoms with E-state index in [9.17, 15) is 0 Å². The fourth-order valence-corrected chi connectivity index (χ4v) is 3.83. The number of hydrogen-bond acceptors (Lipinski definition) is 4. The van der Waals surface area contributed by atoms with E-state index in [1.54, 1.807) is 12.4 Å². The highest BCUT2D eigenvalue weighted by Crippen LogP contribution is 2.31. The van der Waals surface area contributed by atoms with Crippen LogP contribution in [0.3, 0.4) is 0 Å². The molecule has 0 saturated heterocycles. The molecule has 0 atom stereocenters. The molecule has 5 rings (SSSR count). The summed E-state index contributed by atoms with van der Waals surface area (Å²) in [6.45, 7) is 0. The summed E-state index contributed by atoms with van der Waals surface area (Å²) in [5.74, 6) is 3.24. The molecule has 0 amide bonds. The maximum absolute atomic E-state index is 8.83. The Kier molecular flexibility index (Phi) is 4.63. The van der Waals surface area contributed by atoms with Crippen molar-refractivity contribution in [1.29, 1.82) is 5.26 Å². The Morgan fingerprint density at radius 2 is 1.84 bits per heavy atom. The van der Waals surface area contributed by atoms with E-state index in [-0.39, 0.29) is 0 Å². The van der Waals surface area contributed by atoms with Gasteiger partial charge in [-0.3, -0.25) is 14.5 Å². The second kappa shape index (κ2) is 7.74. The Morgan fingerprint density at radius 1 is 0.968 bits per heavy atom. The van der Waals surface area contributed by atoms with Crippen molar-refractivity contribution < 1.29 is 0 Å². The van der Waals surface area contributed by atoms with Crippen molar-refractivity contribution in [2.24, 2.45) is 0 Å². The lowest BCUT2D eigenvalue weighted by Crippen LogP contribution is -1.99. The highest BCUT2D eigenvalue weighted by atomic mass is 15.1. The fourth-order valence-electron chi connectivity index (χ4n) is 3.83. The largest absolute Gasteiger partial charge is 0.285 e. The number of imidazole rings is 1. The molecule has 0 aliphatic rings. The molecule has 3 heterocycles. The van der Waals surface area contributed by atoms with E-state index in [0.29, 0.717) is 12.2 Å². The van der Waals surface area contributed by atoms with Crippen LogP contribution in [0.15, 0.2) is 73.2 Å². The van der Waals surface area contributed by atoms with E-state index in [4.69, 9.17) is 11.7 Å². The van der Waals surface area contributed by atoms with Gasteiger partial charge in [0.05, 0.1) is 23.3 Å². The molecule has 31 heavy (non-hydrogen) atoms. The van der Waals surface area contributed by atoms with E-state index in [1.165, 1.54) is 0 Å². The van der Waals surface area contributed by atoms with Crippen molar-refractivity contribution in [3.63, 3.8) is 0 Å². The van der Waals surface area contributed by atoms with Crippen LogP contribution in [0.2, 0.25) is 0 Å². The molecule has 146 valence electrons. The summed E-state index contributed by atoms with van der Waals surface area (Å²) in [6, 6.07) is 20.4. The molecule has 0 bridgehead atoms. The van der Waals surface area contributed by atoms with Gasteiger partial charge in [0.1, 0.15) is 5.52 Å². The molecule has 0 fully saturated rings. The van der Waals surface area contributed by atoms with Crippen LogP contribution >= 0.6 is 0 Å². The van der Waals surface area contributed by atoms with Crippen molar-refractivity contribution >= 4 is 21.9 Å². The van der Waals surface area contributed by atoms with Crippen LogP contribution in [0, 0.1) is 23.7 Å². The first kappa shape index (κ1) is 18.5. The van der Waals surface area contributed by atoms with Crippen LogP contribution in [0.1, 0.15) is 17.8 Å². The van der Waals surface area contributed by atoms with Crippen molar-refractivity contribution in [3.8, 4) is 35.2 Å². The first-order chi connectivity index (χ1) is 15.3. The van der Waals surface area contributed by atoms with Crippen molar-refractivity contribution in [3.05, 3.63) is 84.6 Å². The third kappa shape index (κ3) is 3.29. The van der Waals surface area contributed by atoms with Crippen LogP contribution in [0.4, 0.5) is 0 Å². The SMILES string of the molecule is C#Cc1nc2cnc3ccc(-c4cccnc4)cc3c2n1-c1ccc(CCC#N)cc1. The van der Waals surface area contributed by atoms with Crippen molar-refractivity contribution in [2.75, 3.05) is 0 Å². The first-order valence-electron chi connectivity index (χ1n) is 9.93. The topological polar surface area (TPSA) is 67.4 Å². The number of hydrogen-bond donors (Lipinski definition) is 0. The summed E-state index contributed by atoms with van der Waals surface area (Å²) in [5, 5.41) is 9.80. The molecular weight excluding hydrogens is 382 g/mol. The number of nitriles is 1. The number of pyridine rings is 2. The second-order valence-corrected chi connectivity index (χ2v) is 7.21. The van der Waals surface area contributed by atoms with Crippen LogP contribution in [0.5, 0.6) is 0 Å². The van der Waals surface area contributed by atoms with E-state index in [2.05, 4.69) is 33.0 Å². The van der Waals surface area contributed by atoms with Gasteiger partial charge in [0.25, 0.3) is 0 Å². The molecule has 5 nitrogen and oxygen atoms in total. The minimum Gasteiger partial charge on any atom is -0.285 e. The molecular formula is C26H17N5. The number of rotatable bonds is 4. The number of nitrogens with zero attached hydrogens (tertiary/aromatic N) is 5. The highest BCUT2D eigenvalue weighted by molar-refractivity contribution is 6.04. The van der Waals surface area contributed by atoms with E-state index < -0.39 is 0 Å². The van der Waals surface area contributed by atoms with Crippen molar-refractivity contribution in [1.82, 2.24) is 19.5 Å². The Labute approximate surface area is 179 Å². The molecule has 0 N–H and O–H groups in total. The number of fused-ring (bicyclic) bond motifs is 3. The van der Waals surface area contributed by atoms with Crippen LogP contribution in [-0.4, -0.2) is 19.5 Å². The summed E-state index contributed by atoms with van der Waals surface area (Å²) in [5.41, 5.74) is 6.67.